The largest absolute Gasteiger partial charge is 0.406 e. The second-order valence-electron chi connectivity index (χ2n) is 5.78. The SMILES string of the molecule is CCc1cccc(Nc2nnc(CNC(C)(C)C)o2)c1. The van der Waals surface area contributed by atoms with Crippen molar-refractivity contribution in [2.24, 2.45) is 0 Å². The van der Waals surface area contributed by atoms with Gasteiger partial charge in [0.2, 0.25) is 5.89 Å². The summed E-state index contributed by atoms with van der Waals surface area (Å²) in [7, 11) is 0. The Morgan fingerprint density at radius 3 is 2.70 bits per heavy atom. The van der Waals surface area contributed by atoms with Crippen molar-refractivity contribution in [2.75, 3.05) is 5.32 Å². The number of nitrogens with one attached hydrogen (secondary N) is 2. The van der Waals surface area contributed by atoms with Crippen molar-refractivity contribution in [1.82, 2.24) is 15.5 Å². The van der Waals surface area contributed by atoms with Gasteiger partial charge in [-0.25, -0.2) is 0 Å². The fraction of sp³-hybridized carbons (Fsp3) is 0.467. The number of anilines is 2. The molecule has 1 aromatic carbocycles. The zero-order chi connectivity index (χ0) is 14.6. The molecule has 5 heteroatoms. The van der Waals surface area contributed by atoms with Gasteiger partial charge in [-0.15, -0.1) is 5.10 Å². The molecule has 2 rings (SSSR count). The van der Waals surface area contributed by atoms with Gasteiger partial charge in [0.15, 0.2) is 0 Å². The molecule has 1 heterocycles. The molecule has 20 heavy (non-hydrogen) atoms. The summed E-state index contributed by atoms with van der Waals surface area (Å²) in [6.07, 6.45) is 1.00. The smallest absolute Gasteiger partial charge is 0.320 e. The molecule has 0 amide bonds. The van der Waals surface area contributed by atoms with E-state index in [1.54, 1.807) is 0 Å². The fourth-order valence-electron chi connectivity index (χ4n) is 1.71. The van der Waals surface area contributed by atoms with Crippen LogP contribution in [0.25, 0.3) is 0 Å². The van der Waals surface area contributed by atoms with Gasteiger partial charge in [0.1, 0.15) is 0 Å². The molecule has 0 fully saturated rings. The Morgan fingerprint density at radius 1 is 1.20 bits per heavy atom. The lowest BCUT2D eigenvalue weighted by Crippen LogP contribution is -2.35. The molecular weight excluding hydrogens is 252 g/mol. The van der Waals surface area contributed by atoms with Gasteiger partial charge in [0, 0.05) is 11.2 Å². The zero-order valence-corrected chi connectivity index (χ0v) is 12.5. The second kappa shape index (κ2) is 6.05. The third-order valence-corrected chi connectivity index (χ3v) is 2.82. The third kappa shape index (κ3) is 4.35. The van der Waals surface area contributed by atoms with Gasteiger partial charge in [0.25, 0.3) is 0 Å². The minimum absolute atomic E-state index is 0.0253. The van der Waals surface area contributed by atoms with Gasteiger partial charge in [-0.3, -0.25) is 0 Å². The first kappa shape index (κ1) is 14.5. The molecule has 0 aliphatic heterocycles. The molecule has 0 saturated heterocycles. The molecule has 5 nitrogen and oxygen atoms in total. The number of aromatic nitrogens is 2. The summed E-state index contributed by atoms with van der Waals surface area (Å²) in [6.45, 7) is 8.98. The van der Waals surface area contributed by atoms with E-state index in [4.69, 9.17) is 4.42 Å². The average Bonchev–Trinajstić information content (AvgIpc) is 2.83. The van der Waals surface area contributed by atoms with Gasteiger partial charge < -0.3 is 15.1 Å². The van der Waals surface area contributed by atoms with Crippen molar-refractivity contribution in [1.29, 1.82) is 0 Å². The normalized spacial score (nSPS) is 11.6. The Hall–Kier alpha value is -1.88. The molecule has 0 aliphatic rings. The van der Waals surface area contributed by atoms with Crippen LogP contribution in [-0.4, -0.2) is 15.7 Å². The van der Waals surface area contributed by atoms with Gasteiger partial charge in [-0.1, -0.05) is 24.2 Å². The summed E-state index contributed by atoms with van der Waals surface area (Å²) in [4.78, 5) is 0. The highest BCUT2D eigenvalue weighted by molar-refractivity contribution is 5.53. The lowest BCUT2D eigenvalue weighted by molar-refractivity contribution is 0.384. The van der Waals surface area contributed by atoms with Gasteiger partial charge in [0.05, 0.1) is 6.54 Å². The number of hydrogen-bond donors (Lipinski definition) is 2. The first-order valence-corrected chi connectivity index (χ1v) is 6.89. The van der Waals surface area contributed by atoms with E-state index in [9.17, 15) is 0 Å². The molecule has 0 radical (unpaired) electrons. The quantitative estimate of drug-likeness (QED) is 0.876. The van der Waals surface area contributed by atoms with Crippen LogP contribution in [0.4, 0.5) is 11.7 Å². The average molecular weight is 274 g/mol. The highest BCUT2D eigenvalue weighted by atomic mass is 16.4. The van der Waals surface area contributed by atoms with Crippen LogP contribution in [0, 0.1) is 0 Å². The van der Waals surface area contributed by atoms with Crippen LogP contribution in [0.3, 0.4) is 0 Å². The summed E-state index contributed by atoms with van der Waals surface area (Å²) >= 11 is 0. The Bertz CT molecular complexity index is 557. The Balaban J connectivity index is 1.98. The van der Waals surface area contributed by atoms with Crippen molar-refractivity contribution in [3.63, 3.8) is 0 Å². The van der Waals surface area contributed by atoms with Crippen LogP contribution >= 0.6 is 0 Å². The topological polar surface area (TPSA) is 63.0 Å². The van der Waals surface area contributed by atoms with Crippen molar-refractivity contribution in [2.45, 2.75) is 46.2 Å². The molecule has 108 valence electrons. The molecule has 1 aromatic heterocycles. The van der Waals surface area contributed by atoms with Crippen LogP contribution in [0.1, 0.15) is 39.1 Å². The van der Waals surface area contributed by atoms with E-state index in [1.165, 1.54) is 5.56 Å². The molecule has 0 bridgehead atoms. The van der Waals surface area contributed by atoms with E-state index in [1.807, 2.05) is 12.1 Å². The van der Waals surface area contributed by atoms with Crippen molar-refractivity contribution >= 4 is 11.7 Å². The summed E-state index contributed by atoms with van der Waals surface area (Å²) in [5.41, 5.74) is 2.25. The predicted molar refractivity (Wildman–Crippen MR) is 80.0 cm³/mol. The van der Waals surface area contributed by atoms with Gasteiger partial charge in [-0.05, 0) is 44.9 Å². The van der Waals surface area contributed by atoms with E-state index < -0.39 is 0 Å². The number of rotatable bonds is 5. The summed E-state index contributed by atoms with van der Waals surface area (Å²) < 4.78 is 5.56. The van der Waals surface area contributed by atoms with E-state index in [0.29, 0.717) is 18.5 Å². The van der Waals surface area contributed by atoms with Crippen molar-refractivity contribution in [3.05, 3.63) is 35.7 Å². The first-order chi connectivity index (χ1) is 9.46. The molecular formula is C15H22N4O. The lowest BCUT2D eigenvalue weighted by atomic mass is 10.1. The molecule has 0 spiro atoms. The first-order valence-electron chi connectivity index (χ1n) is 6.89. The van der Waals surface area contributed by atoms with Crippen molar-refractivity contribution in [3.8, 4) is 0 Å². The lowest BCUT2D eigenvalue weighted by Gasteiger charge is -2.18. The Labute approximate surface area is 119 Å². The fourth-order valence-corrected chi connectivity index (χ4v) is 1.71. The summed E-state index contributed by atoms with van der Waals surface area (Å²) in [5, 5.41) is 14.5. The maximum atomic E-state index is 5.56. The Morgan fingerprint density at radius 2 is 2.00 bits per heavy atom. The number of benzene rings is 1. The molecule has 2 aromatic rings. The van der Waals surface area contributed by atoms with Gasteiger partial charge >= 0.3 is 6.01 Å². The highest BCUT2D eigenvalue weighted by Gasteiger charge is 2.12. The number of nitrogens with zero attached hydrogens (tertiary/aromatic N) is 2. The number of hydrogen-bond acceptors (Lipinski definition) is 5. The second-order valence-corrected chi connectivity index (χ2v) is 5.78. The summed E-state index contributed by atoms with van der Waals surface area (Å²) in [6, 6.07) is 8.59. The Kier molecular flexibility index (Phi) is 4.39. The minimum Gasteiger partial charge on any atom is -0.406 e. The van der Waals surface area contributed by atoms with E-state index in [0.717, 1.165) is 12.1 Å². The predicted octanol–water partition coefficient (Wildman–Crippen LogP) is 3.26. The molecule has 2 N–H and O–H groups in total. The van der Waals surface area contributed by atoms with Crippen LogP contribution in [0.2, 0.25) is 0 Å². The van der Waals surface area contributed by atoms with Crippen LogP contribution in [0.5, 0.6) is 0 Å². The minimum atomic E-state index is 0.0253. The maximum absolute atomic E-state index is 5.56. The highest BCUT2D eigenvalue weighted by Crippen LogP contribution is 2.17. The maximum Gasteiger partial charge on any atom is 0.320 e. The molecule has 0 unspecified atom stereocenters. The van der Waals surface area contributed by atoms with E-state index in [-0.39, 0.29) is 5.54 Å². The van der Waals surface area contributed by atoms with E-state index in [2.05, 4.69) is 60.7 Å². The van der Waals surface area contributed by atoms with Crippen LogP contribution < -0.4 is 10.6 Å². The molecule has 0 aliphatic carbocycles. The number of aryl methyl sites for hydroxylation is 1. The van der Waals surface area contributed by atoms with E-state index >= 15 is 0 Å². The van der Waals surface area contributed by atoms with Crippen LogP contribution in [-0.2, 0) is 13.0 Å². The molecule has 0 saturated carbocycles. The van der Waals surface area contributed by atoms with Crippen LogP contribution in [0.15, 0.2) is 28.7 Å². The van der Waals surface area contributed by atoms with Gasteiger partial charge in [-0.2, -0.15) is 0 Å². The monoisotopic (exact) mass is 274 g/mol. The van der Waals surface area contributed by atoms with Crippen molar-refractivity contribution < 1.29 is 4.42 Å². The standard InChI is InChI=1S/C15H22N4O/c1-5-11-7-6-8-12(9-11)17-14-19-18-13(20-14)10-16-15(2,3)4/h6-9,16H,5,10H2,1-4H3,(H,17,19). The zero-order valence-electron chi connectivity index (χ0n) is 12.5. The molecule has 0 atom stereocenters. The summed E-state index contributed by atoms with van der Waals surface area (Å²) in [5.74, 6) is 0.578. The third-order valence-electron chi connectivity index (χ3n) is 2.82.